The van der Waals surface area contributed by atoms with Crippen LogP contribution in [0.5, 0.6) is 5.75 Å². The number of esters is 1. The molecule has 1 aromatic carbocycles. The lowest BCUT2D eigenvalue weighted by atomic mass is 10.2. The minimum atomic E-state index is -0.675. The third-order valence-corrected chi connectivity index (χ3v) is 3.99. The first-order chi connectivity index (χ1) is 11.7. The molecule has 1 saturated heterocycles. The van der Waals surface area contributed by atoms with E-state index in [1.807, 2.05) is 19.1 Å². The predicted molar refractivity (Wildman–Crippen MR) is 96.1 cm³/mol. The fourth-order valence-electron chi connectivity index (χ4n) is 2.17. The predicted octanol–water partition coefficient (Wildman–Crippen LogP) is 3.46. The topological polar surface area (TPSA) is 72.9 Å². The summed E-state index contributed by atoms with van der Waals surface area (Å²) >= 11 is 0.799. The van der Waals surface area contributed by atoms with Gasteiger partial charge in [-0.05, 0) is 51.6 Å². The molecule has 0 aromatic heterocycles. The zero-order valence-corrected chi connectivity index (χ0v) is 15.5. The van der Waals surface area contributed by atoms with E-state index in [0.717, 1.165) is 16.7 Å². The summed E-state index contributed by atoms with van der Waals surface area (Å²) < 4.78 is 10.7. The third-order valence-electron chi connectivity index (χ3n) is 3.09. The maximum atomic E-state index is 12.5. The van der Waals surface area contributed by atoms with Gasteiger partial charge in [-0.1, -0.05) is 18.2 Å². The standard InChI is InChI=1S/C18H21NO5S/c1-5-23-13-9-7-6-8-12(13)10-14-16(21)19(17(22)25-14)11-15(20)24-18(2,3)4/h6-10H,5,11H2,1-4H3/b14-10+. The number of carbonyl (C=O) groups excluding carboxylic acids is 3. The molecule has 2 amide bonds. The van der Waals surface area contributed by atoms with Gasteiger partial charge in [-0.25, -0.2) is 0 Å². The average Bonchev–Trinajstić information content (AvgIpc) is 2.75. The summed E-state index contributed by atoms with van der Waals surface area (Å²) in [6.07, 6.45) is 1.60. The molecule has 25 heavy (non-hydrogen) atoms. The van der Waals surface area contributed by atoms with Crippen molar-refractivity contribution in [3.05, 3.63) is 34.7 Å². The molecule has 0 radical (unpaired) electrons. The van der Waals surface area contributed by atoms with Gasteiger partial charge >= 0.3 is 5.97 Å². The van der Waals surface area contributed by atoms with Crippen molar-refractivity contribution in [2.45, 2.75) is 33.3 Å². The van der Waals surface area contributed by atoms with E-state index in [0.29, 0.717) is 17.9 Å². The van der Waals surface area contributed by atoms with Crippen LogP contribution in [0.1, 0.15) is 33.3 Å². The fraction of sp³-hybridized carbons (Fsp3) is 0.389. The first-order valence-corrected chi connectivity index (χ1v) is 8.72. The van der Waals surface area contributed by atoms with Crippen LogP contribution in [-0.4, -0.2) is 40.8 Å². The molecule has 1 aliphatic rings. The molecule has 1 heterocycles. The summed E-state index contributed by atoms with van der Waals surface area (Å²) in [4.78, 5) is 37.6. The normalized spacial score (nSPS) is 16.5. The quantitative estimate of drug-likeness (QED) is 0.589. The Hall–Kier alpha value is -2.28. The molecule has 0 atom stereocenters. The van der Waals surface area contributed by atoms with Crippen molar-refractivity contribution in [1.29, 1.82) is 0 Å². The van der Waals surface area contributed by atoms with Crippen LogP contribution in [0.25, 0.3) is 6.08 Å². The number of nitrogens with zero attached hydrogens (tertiary/aromatic N) is 1. The molecule has 0 saturated carbocycles. The highest BCUT2D eigenvalue weighted by molar-refractivity contribution is 8.18. The number of benzene rings is 1. The van der Waals surface area contributed by atoms with Crippen molar-refractivity contribution in [3.63, 3.8) is 0 Å². The van der Waals surface area contributed by atoms with Gasteiger partial charge in [-0.15, -0.1) is 0 Å². The van der Waals surface area contributed by atoms with Gasteiger partial charge in [0.15, 0.2) is 0 Å². The van der Waals surface area contributed by atoms with E-state index in [-0.39, 0.29) is 4.91 Å². The monoisotopic (exact) mass is 363 g/mol. The first-order valence-electron chi connectivity index (χ1n) is 7.90. The molecule has 6 nitrogen and oxygen atoms in total. The number of carbonyl (C=O) groups is 3. The highest BCUT2D eigenvalue weighted by atomic mass is 32.2. The van der Waals surface area contributed by atoms with Crippen molar-refractivity contribution < 1.29 is 23.9 Å². The number of ether oxygens (including phenoxy) is 2. The van der Waals surface area contributed by atoms with Crippen LogP contribution in [0.15, 0.2) is 29.2 Å². The van der Waals surface area contributed by atoms with Gasteiger partial charge in [0.2, 0.25) is 0 Å². The maximum Gasteiger partial charge on any atom is 0.326 e. The van der Waals surface area contributed by atoms with E-state index in [1.54, 1.807) is 39.0 Å². The molecular formula is C18H21NO5S. The summed E-state index contributed by atoms with van der Waals surface area (Å²) in [5, 5.41) is -0.490. The molecule has 2 rings (SSSR count). The van der Waals surface area contributed by atoms with E-state index in [1.165, 1.54) is 0 Å². The largest absolute Gasteiger partial charge is 0.493 e. The summed E-state index contributed by atoms with van der Waals surface area (Å²) in [5.74, 6) is -0.498. The molecule has 1 aliphatic heterocycles. The molecule has 0 unspecified atom stereocenters. The molecular weight excluding hydrogens is 342 g/mol. The number of thioether (sulfide) groups is 1. The van der Waals surface area contributed by atoms with Crippen LogP contribution in [0, 0.1) is 0 Å². The van der Waals surface area contributed by atoms with Crippen LogP contribution in [-0.2, 0) is 14.3 Å². The third kappa shape index (κ3) is 5.09. The van der Waals surface area contributed by atoms with Crippen LogP contribution in [0.2, 0.25) is 0 Å². The molecule has 0 N–H and O–H groups in total. The lowest BCUT2D eigenvalue weighted by molar-refractivity contribution is -0.156. The number of imide groups is 1. The van der Waals surface area contributed by atoms with Gasteiger partial charge in [0.25, 0.3) is 11.1 Å². The van der Waals surface area contributed by atoms with Crippen molar-refractivity contribution in [3.8, 4) is 5.75 Å². The van der Waals surface area contributed by atoms with E-state index in [9.17, 15) is 14.4 Å². The Balaban J connectivity index is 2.17. The Labute approximate surface area is 151 Å². The van der Waals surface area contributed by atoms with Gasteiger partial charge in [-0.2, -0.15) is 0 Å². The minimum Gasteiger partial charge on any atom is -0.493 e. The molecule has 1 aromatic rings. The minimum absolute atomic E-state index is 0.251. The molecule has 0 spiro atoms. The Morgan fingerprint density at radius 2 is 1.92 bits per heavy atom. The number of amides is 2. The van der Waals surface area contributed by atoms with Gasteiger partial charge < -0.3 is 9.47 Å². The van der Waals surface area contributed by atoms with Crippen LogP contribution < -0.4 is 4.74 Å². The number of hydrogen-bond acceptors (Lipinski definition) is 6. The van der Waals surface area contributed by atoms with Crippen LogP contribution in [0.4, 0.5) is 4.79 Å². The second kappa shape index (κ2) is 7.74. The molecule has 134 valence electrons. The van der Waals surface area contributed by atoms with E-state index < -0.39 is 29.3 Å². The summed E-state index contributed by atoms with van der Waals surface area (Å²) in [6.45, 7) is 7.14. The molecule has 1 fully saturated rings. The summed E-state index contributed by atoms with van der Waals surface area (Å²) in [5.41, 5.74) is 0.0256. The van der Waals surface area contributed by atoms with E-state index in [2.05, 4.69) is 0 Å². The van der Waals surface area contributed by atoms with Gasteiger partial charge in [-0.3, -0.25) is 19.3 Å². The highest BCUT2D eigenvalue weighted by Crippen LogP contribution is 2.34. The summed E-state index contributed by atoms with van der Waals surface area (Å²) in [6, 6.07) is 7.24. The maximum absolute atomic E-state index is 12.5. The Morgan fingerprint density at radius 1 is 1.24 bits per heavy atom. The number of para-hydroxylation sites is 1. The smallest absolute Gasteiger partial charge is 0.326 e. The summed E-state index contributed by atoms with van der Waals surface area (Å²) in [7, 11) is 0. The van der Waals surface area contributed by atoms with Crippen molar-refractivity contribution in [2.75, 3.05) is 13.2 Å². The first kappa shape index (κ1) is 19.1. The Bertz CT molecular complexity index is 720. The molecule has 0 bridgehead atoms. The Kier molecular flexibility index (Phi) is 5.89. The van der Waals surface area contributed by atoms with Crippen molar-refractivity contribution in [2.24, 2.45) is 0 Å². The van der Waals surface area contributed by atoms with Gasteiger partial charge in [0, 0.05) is 5.56 Å². The lowest BCUT2D eigenvalue weighted by Crippen LogP contribution is -2.37. The van der Waals surface area contributed by atoms with E-state index in [4.69, 9.17) is 9.47 Å². The average molecular weight is 363 g/mol. The fourth-order valence-corrected chi connectivity index (χ4v) is 3.00. The van der Waals surface area contributed by atoms with Crippen LogP contribution >= 0.6 is 11.8 Å². The van der Waals surface area contributed by atoms with Gasteiger partial charge in [0.05, 0.1) is 11.5 Å². The second-order valence-electron chi connectivity index (χ2n) is 6.33. The molecule has 7 heteroatoms. The van der Waals surface area contributed by atoms with Crippen LogP contribution in [0.3, 0.4) is 0 Å². The number of rotatable bonds is 5. The zero-order chi connectivity index (χ0) is 18.6. The van der Waals surface area contributed by atoms with Gasteiger partial charge in [0.1, 0.15) is 17.9 Å². The SMILES string of the molecule is CCOc1ccccc1/C=C1/SC(=O)N(CC(=O)OC(C)(C)C)C1=O. The lowest BCUT2D eigenvalue weighted by Gasteiger charge is -2.21. The highest BCUT2D eigenvalue weighted by Gasteiger charge is 2.37. The molecule has 0 aliphatic carbocycles. The second-order valence-corrected chi connectivity index (χ2v) is 7.32. The van der Waals surface area contributed by atoms with Crippen molar-refractivity contribution >= 4 is 35.0 Å². The number of hydrogen-bond donors (Lipinski definition) is 0. The van der Waals surface area contributed by atoms with Crippen molar-refractivity contribution in [1.82, 2.24) is 4.90 Å². The van der Waals surface area contributed by atoms with E-state index >= 15 is 0 Å². The Morgan fingerprint density at radius 3 is 2.56 bits per heavy atom. The zero-order valence-electron chi connectivity index (χ0n) is 14.7.